The molecule has 10 nitrogen and oxygen atoms in total. The molecule has 2 saturated heterocycles. The Morgan fingerprint density at radius 2 is 1.34 bits per heavy atom. The van der Waals surface area contributed by atoms with E-state index >= 15 is 0 Å². The normalized spacial score (nSPS) is 19.8. The van der Waals surface area contributed by atoms with E-state index < -0.39 is 0 Å². The molecule has 0 aliphatic carbocycles. The van der Waals surface area contributed by atoms with Gasteiger partial charge in [0.15, 0.2) is 11.6 Å². The lowest BCUT2D eigenvalue weighted by molar-refractivity contribution is 0.583. The molecule has 2 atom stereocenters. The minimum atomic E-state index is 0.601. The first-order valence-corrected chi connectivity index (χ1v) is 11.1. The van der Waals surface area contributed by atoms with E-state index in [1.165, 1.54) is 12.8 Å². The van der Waals surface area contributed by atoms with Gasteiger partial charge in [-0.2, -0.15) is 0 Å². The van der Waals surface area contributed by atoms with Crippen LogP contribution in [0.2, 0.25) is 0 Å². The fourth-order valence-electron chi connectivity index (χ4n) is 3.82. The molecule has 0 spiro atoms. The highest BCUT2D eigenvalue weighted by atomic mass is 15.2. The first-order valence-electron chi connectivity index (χ1n) is 11.1. The average Bonchev–Trinajstić information content (AvgIpc) is 3.58. The van der Waals surface area contributed by atoms with Crippen molar-refractivity contribution in [2.24, 2.45) is 11.8 Å². The van der Waals surface area contributed by atoms with Gasteiger partial charge in [-0.3, -0.25) is 15.0 Å². The second kappa shape index (κ2) is 12.0. The highest BCUT2D eigenvalue weighted by Gasteiger charge is 2.21. The molecule has 168 valence electrons. The van der Waals surface area contributed by atoms with Gasteiger partial charge in [0.1, 0.15) is 5.82 Å². The predicted octanol–water partition coefficient (Wildman–Crippen LogP) is 1.51. The van der Waals surface area contributed by atoms with Gasteiger partial charge in [-0.15, -0.1) is 0 Å². The number of hydrogen-bond acceptors (Lipinski definition) is 10. The SMILES string of the molecule is c1cnc(N(CC2CCNC2)c2cnccn2)cn1.c1cnc(NCC2CCNC2)cn1. The number of hydrogen-bond donors (Lipinski definition) is 3. The van der Waals surface area contributed by atoms with E-state index in [4.69, 9.17) is 0 Å². The lowest BCUT2D eigenvalue weighted by Crippen LogP contribution is -2.28. The van der Waals surface area contributed by atoms with Crippen molar-refractivity contribution >= 4 is 17.5 Å². The molecule has 2 aliphatic rings. The predicted molar refractivity (Wildman–Crippen MR) is 124 cm³/mol. The van der Waals surface area contributed by atoms with Crippen molar-refractivity contribution < 1.29 is 0 Å². The number of rotatable bonds is 7. The lowest BCUT2D eigenvalue weighted by atomic mass is 10.1. The summed E-state index contributed by atoms with van der Waals surface area (Å²) in [5, 5.41) is 9.99. The minimum absolute atomic E-state index is 0.601. The van der Waals surface area contributed by atoms with E-state index in [9.17, 15) is 0 Å². The van der Waals surface area contributed by atoms with E-state index in [1.54, 1.807) is 55.8 Å². The molecule has 3 aromatic rings. The van der Waals surface area contributed by atoms with Crippen LogP contribution in [0.4, 0.5) is 17.5 Å². The Labute approximate surface area is 188 Å². The summed E-state index contributed by atoms with van der Waals surface area (Å²) in [5.41, 5.74) is 0. The monoisotopic (exact) mass is 434 g/mol. The molecule has 2 fully saturated rings. The summed E-state index contributed by atoms with van der Waals surface area (Å²) in [7, 11) is 0. The minimum Gasteiger partial charge on any atom is -0.368 e. The third kappa shape index (κ3) is 6.63. The van der Waals surface area contributed by atoms with E-state index in [0.717, 1.165) is 62.6 Å². The highest BCUT2D eigenvalue weighted by Crippen LogP contribution is 2.22. The van der Waals surface area contributed by atoms with Crippen molar-refractivity contribution in [1.29, 1.82) is 0 Å². The van der Waals surface area contributed by atoms with Crippen LogP contribution in [0.25, 0.3) is 0 Å². The Morgan fingerprint density at radius 3 is 1.84 bits per heavy atom. The molecule has 0 amide bonds. The Bertz CT molecular complexity index is 845. The summed E-state index contributed by atoms with van der Waals surface area (Å²) in [6.07, 6.45) is 17.8. The van der Waals surface area contributed by atoms with Crippen molar-refractivity contribution in [3.8, 4) is 0 Å². The van der Waals surface area contributed by atoms with Gasteiger partial charge >= 0.3 is 0 Å². The number of aromatic nitrogens is 6. The van der Waals surface area contributed by atoms with Gasteiger partial charge in [0.2, 0.25) is 0 Å². The van der Waals surface area contributed by atoms with Crippen LogP contribution in [-0.2, 0) is 0 Å². The maximum absolute atomic E-state index is 4.37. The third-order valence-electron chi connectivity index (χ3n) is 5.55. The van der Waals surface area contributed by atoms with Crippen molar-refractivity contribution in [3.63, 3.8) is 0 Å². The molecule has 32 heavy (non-hydrogen) atoms. The molecular weight excluding hydrogens is 404 g/mol. The smallest absolute Gasteiger partial charge is 0.152 e. The summed E-state index contributed by atoms with van der Waals surface area (Å²) in [6.45, 7) is 6.26. The van der Waals surface area contributed by atoms with Gasteiger partial charge in [-0.1, -0.05) is 0 Å². The van der Waals surface area contributed by atoms with Crippen molar-refractivity contribution in [2.45, 2.75) is 12.8 Å². The summed E-state index contributed by atoms with van der Waals surface area (Å²) in [5.74, 6) is 3.84. The molecule has 3 aromatic heterocycles. The first-order chi connectivity index (χ1) is 15.9. The quantitative estimate of drug-likeness (QED) is 0.505. The van der Waals surface area contributed by atoms with Crippen LogP contribution in [0.5, 0.6) is 0 Å². The molecule has 5 heterocycles. The van der Waals surface area contributed by atoms with Gasteiger partial charge in [0.25, 0.3) is 0 Å². The Kier molecular flexibility index (Phi) is 8.22. The van der Waals surface area contributed by atoms with Gasteiger partial charge < -0.3 is 20.9 Å². The van der Waals surface area contributed by atoms with E-state index in [-0.39, 0.29) is 0 Å². The number of anilines is 3. The fraction of sp³-hybridized carbons (Fsp3) is 0.455. The first kappa shape index (κ1) is 22.0. The molecular formula is C22H30N10. The fourth-order valence-corrected chi connectivity index (χ4v) is 3.82. The van der Waals surface area contributed by atoms with Gasteiger partial charge in [-0.05, 0) is 50.9 Å². The summed E-state index contributed by atoms with van der Waals surface area (Å²) in [6, 6.07) is 0. The van der Waals surface area contributed by atoms with Crippen LogP contribution in [-0.4, -0.2) is 69.2 Å². The van der Waals surface area contributed by atoms with Crippen LogP contribution in [0.1, 0.15) is 12.8 Å². The lowest BCUT2D eigenvalue weighted by Gasteiger charge is -2.24. The molecule has 5 rings (SSSR count). The standard InChI is InChI=1S/C13H16N6.C9H14N4/c1-2-14-7-11(1)10-19(12-8-15-3-5-17-12)13-9-16-4-6-18-13;1-2-10-5-8(1)6-13-9-7-11-3-4-12-9/h3-6,8-9,11,14H,1-2,7,10H2;3-4,7-8,10H,1-2,5-6H2,(H,12,13). The van der Waals surface area contributed by atoms with Gasteiger partial charge in [0, 0.05) is 50.3 Å². The molecule has 0 saturated carbocycles. The largest absolute Gasteiger partial charge is 0.368 e. The number of nitrogens with one attached hydrogen (secondary N) is 3. The zero-order chi connectivity index (χ0) is 21.8. The van der Waals surface area contributed by atoms with Crippen LogP contribution in [0, 0.1) is 11.8 Å². The van der Waals surface area contributed by atoms with E-state index in [0.29, 0.717) is 5.92 Å². The molecule has 0 aromatic carbocycles. The van der Waals surface area contributed by atoms with Crippen LogP contribution in [0.3, 0.4) is 0 Å². The van der Waals surface area contributed by atoms with Crippen molar-refractivity contribution in [2.75, 3.05) is 49.5 Å². The Morgan fingerprint density at radius 1 is 0.750 bits per heavy atom. The molecule has 2 aliphatic heterocycles. The second-order valence-corrected chi connectivity index (χ2v) is 7.93. The zero-order valence-electron chi connectivity index (χ0n) is 18.1. The Hall–Kier alpha value is -3.24. The average molecular weight is 435 g/mol. The zero-order valence-corrected chi connectivity index (χ0v) is 18.1. The van der Waals surface area contributed by atoms with Crippen LogP contribution in [0.15, 0.2) is 55.8 Å². The topological polar surface area (TPSA) is 117 Å². The maximum atomic E-state index is 4.37. The van der Waals surface area contributed by atoms with Crippen molar-refractivity contribution in [3.05, 3.63) is 55.8 Å². The van der Waals surface area contributed by atoms with Crippen molar-refractivity contribution in [1.82, 2.24) is 40.5 Å². The summed E-state index contributed by atoms with van der Waals surface area (Å²) in [4.78, 5) is 27.2. The molecule has 0 bridgehead atoms. The van der Waals surface area contributed by atoms with Crippen LogP contribution < -0.4 is 20.9 Å². The molecule has 10 heteroatoms. The van der Waals surface area contributed by atoms with E-state index in [1.807, 2.05) is 0 Å². The molecule has 2 unspecified atom stereocenters. The van der Waals surface area contributed by atoms with Crippen LogP contribution >= 0.6 is 0 Å². The number of nitrogens with zero attached hydrogens (tertiary/aromatic N) is 7. The second-order valence-electron chi connectivity index (χ2n) is 7.93. The highest BCUT2D eigenvalue weighted by molar-refractivity contribution is 5.53. The summed E-state index contributed by atoms with van der Waals surface area (Å²) < 4.78 is 0. The summed E-state index contributed by atoms with van der Waals surface area (Å²) >= 11 is 0. The molecule has 0 radical (unpaired) electrons. The third-order valence-corrected chi connectivity index (χ3v) is 5.55. The van der Waals surface area contributed by atoms with Gasteiger partial charge in [-0.25, -0.2) is 15.0 Å². The molecule has 3 N–H and O–H groups in total. The van der Waals surface area contributed by atoms with Gasteiger partial charge in [0.05, 0.1) is 18.6 Å². The Balaban J connectivity index is 0.000000165. The van der Waals surface area contributed by atoms with E-state index in [2.05, 4.69) is 50.8 Å². The maximum Gasteiger partial charge on any atom is 0.152 e.